The van der Waals surface area contributed by atoms with E-state index in [1.807, 2.05) is 0 Å². The van der Waals surface area contributed by atoms with Crippen molar-refractivity contribution in [1.82, 2.24) is 14.8 Å². The van der Waals surface area contributed by atoms with Crippen molar-refractivity contribution in [2.45, 2.75) is 31.7 Å². The molecule has 108 valence electrons. The van der Waals surface area contributed by atoms with E-state index >= 15 is 0 Å². The van der Waals surface area contributed by atoms with E-state index in [0.717, 1.165) is 4.68 Å². The van der Waals surface area contributed by atoms with E-state index < -0.39 is 18.3 Å². The van der Waals surface area contributed by atoms with Crippen molar-refractivity contribution < 1.29 is 18.3 Å². The van der Waals surface area contributed by atoms with Crippen LogP contribution >= 0.6 is 0 Å². The molecule has 0 radical (unpaired) electrons. The number of pyridine rings is 1. The van der Waals surface area contributed by atoms with Crippen LogP contribution in [0, 0.1) is 0 Å². The largest absolute Gasteiger partial charge is 0.408 e. The second-order valence-corrected chi connectivity index (χ2v) is 4.46. The standard InChI is InChI=1S/C13H14F3N3O/c1-2-12(20,10-3-6-17-7-4-10)11-5-8-19(18-11)9-13(14,15)16/h3-8,20H,2,9H2,1H3/t12-/m1/s1. The molecule has 0 amide bonds. The van der Waals surface area contributed by atoms with Gasteiger partial charge in [-0.15, -0.1) is 0 Å². The van der Waals surface area contributed by atoms with Crippen molar-refractivity contribution in [3.63, 3.8) is 0 Å². The number of hydrogen-bond acceptors (Lipinski definition) is 3. The number of nitrogens with zero attached hydrogens (tertiary/aromatic N) is 3. The van der Waals surface area contributed by atoms with Crippen LogP contribution in [0.3, 0.4) is 0 Å². The van der Waals surface area contributed by atoms with Gasteiger partial charge in [0.1, 0.15) is 12.1 Å². The maximum absolute atomic E-state index is 12.3. The lowest BCUT2D eigenvalue weighted by molar-refractivity contribution is -0.142. The molecule has 0 aliphatic rings. The fourth-order valence-electron chi connectivity index (χ4n) is 2.01. The van der Waals surface area contributed by atoms with E-state index in [1.54, 1.807) is 19.1 Å². The summed E-state index contributed by atoms with van der Waals surface area (Å²) in [5.41, 5.74) is -0.678. The third kappa shape index (κ3) is 2.98. The van der Waals surface area contributed by atoms with Crippen molar-refractivity contribution >= 4 is 0 Å². The van der Waals surface area contributed by atoms with Gasteiger partial charge < -0.3 is 5.11 Å². The average Bonchev–Trinajstić information content (AvgIpc) is 2.85. The normalized spacial score (nSPS) is 15.1. The summed E-state index contributed by atoms with van der Waals surface area (Å²) in [5, 5.41) is 14.5. The molecule has 0 unspecified atom stereocenters. The summed E-state index contributed by atoms with van der Waals surface area (Å²) in [6, 6.07) is 4.63. The van der Waals surface area contributed by atoms with Gasteiger partial charge in [0.05, 0.1) is 5.69 Å². The third-order valence-corrected chi connectivity index (χ3v) is 3.08. The van der Waals surface area contributed by atoms with Crippen LogP contribution in [0.4, 0.5) is 13.2 Å². The highest BCUT2D eigenvalue weighted by Crippen LogP contribution is 2.31. The van der Waals surface area contributed by atoms with Crippen LogP contribution in [-0.2, 0) is 12.1 Å². The highest BCUT2D eigenvalue weighted by Gasteiger charge is 2.34. The van der Waals surface area contributed by atoms with E-state index in [9.17, 15) is 18.3 Å². The molecule has 7 heteroatoms. The molecule has 0 aliphatic carbocycles. The van der Waals surface area contributed by atoms with Gasteiger partial charge in [0.15, 0.2) is 0 Å². The number of rotatable bonds is 4. The van der Waals surface area contributed by atoms with Crippen LogP contribution in [0.5, 0.6) is 0 Å². The molecule has 2 aromatic rings. The summed E-state index contributed by atoms with van der Waals surface area (Å²) in [4.78, 5) is 3.86. The molecule has 0 saturated carbocycles. The minimum Gasteiger partial charge on any atom is -0.379 e. The maximum Gasteiger partial charge on any atom is 0.408 e. The van der Waals surface area contributed by atoms with Gasteiger partial charge in [-0.2, -0.15) is 18.3 Å². The summed E-state index contributed by atoms with van der Waals surface area (Å²) in [6.07, 6.45) is 0.195. The summed E-state index contributed by atoms with van der Waals surface area (Å²) in [7, 11) is 0. The fraction of sp³-hybridized carbons (Fsp3) is 0.385. The molecule has 0 aromatic carbocycles. The Balaban J connectivity index is 2.33. The molecule has 1 atom stereocenters. The summed E-state index contributed by atoms with van der Waals surface area (Å²) < 4.78 is 37.7. The van der Waals surface area contributed by atoms with E-state index in [-0.39, 0.29) is 5.69 Å². The van der Waals surface area contributed by atoms with Crippen molar-refractivity contribution in [2.24, 2.45) is 0 Å². The molecule has 0 fully saturated rings. The molecule has 2 rings (SSSR count). The van der Waals surface area contributed by atoms with Crippen LogP contribution in [0.15, 0.2) is 36.8 Å². The average molecular weight is 285 g/mol. The number of halogens is 3. The lowest BCUT2D eigenvalue weighted by Gasteiger charge is -2.25. The SMILES string of the molecule is CC[C@@](O)(c1ccncc1)c1ccn(CC(F)(F)F)n1. The number of hydrogen-bond donors (Lipinski definition) is 1. The van der Waals surface area contributed by atoms with Crippen molar-refractivity contribution in [2.75, 3.05) is 0 Å². The van der Waals surface area contributed by atoms with Crippen LogP contribution in [0.2, 0.25) is 0 Å². The minimum atomic E-state index is -4.34. The molecule has 0 spiro atoms. The van der Waals surface area contributed by atoms with Gasteiger partial charge in [-0.05, 0) is 30.2 Å². The predicted molar refractivity (Wildman–Crippen MR) is 65.8 cm³/mol. The van der Waals surface area contributed by atoms with Crippen molar-refractivity contribution in [3.8, 4) is 0 Å². The Bertz CT molecular complexity index is 568. The maximum atomic E-state index is 12.3. The molecule has 0 aliphatic heterocycles. The number of aliphatic hydroxyl groups is 1. The highest BCUT2D eigenvalue weighted by atomic mass is 19.4. The summed E-state index contributed by atoms with van der Waals surface area (Å²) in [5.74, 6) is 0. The Morgan fingerprint density at radius 2 is 1.85 bits per heavy atom. The van der Waals surface area contributed by atoms with Gasteiger partial charge in [-0.1, -0.05) is 6.92 Å². The monoisotopic (exact) mass is 285 g/mol. The van der Waals surface area contributed by atoms with E-state index in [2.05, 4.69) is 10.1 Å². The predicted octanol–water partition coefficient (Wildman–Crippen LogP) is 2.49. The molecule has 1 N–H and O–H groups in total. The van der Waals surface area contributed by atoms with Gasteiger partial charge >= 0.3 is 6.18 Å². The van der Waals surface area contributed by atoms with E-state index in [0.29, 0.717) is 12.0 Å². The van der Waals surface area contributed by atoms with Gasteiger partial charge in [0, 0.05) is 18.6 Å². The Labute approximate surface area is 113 Å². The first-order valence-electron chi connectivity index (χ1n) is 6.09. The molecule has 2 heterocycles. The van der Waals surface area contributed by atoms with Gasteiger partial charge in [0.25, 0.3) is 0 Å². The smallest absolute Gasteiger partial charge is 0.379 e. The lowest BCUT2D eigenvalue weighted by Crippen LogP contribution is -2.27. The molecule has 0 bridgehead atoms. The van der Waals surface area contributed by atoms with Crippen LogP contribution in [0.1, 0.15) is 24.6 Å². The highest BCUT2D eigenvalue weighted by molar-refractivity contribution is 5.29. The van der Waals surface area contributed by atoms with E-state index in [1.165, 1.54) is 24.7 Å². The topological polar surface area (TPSA) is 50.9 Å². The van der Waals surface area contributed by atoms with E-state index in [4.69, 9.17) is 0 Å². The zero-order chi connectivity index (χ0) is 14.8. The molecule has 20 heavy (non-hydrogen) atoms. The molecule has 4 nitrogen and oxygen atoms in total. The van der Waals surface area contributed by atoms with Gasteiger partial charge in [-0.25, -0.2) is 0 Å². The number of alkyl halides is 3. The molecular formula is C13H14F3N3O. The molecule has 2 aromatic heterocycles. The lowest BCUT2D eigenvalue weighted by atomic mass is 9.89. The summed E-state index contributed by atoms with van der Waals surface area (Å²) in [6.45, 7) is 0.562. The quantitative estimate of drug-likeness (QED) is 0.939. The first-order valence-corrected chi connectivity index (χ1v) is 6.09. The fourth-order valence-corrected chi connectivity index (χ4v) is 2.01. The molecular weight excluding hydrogens is 271 g/mol. The first kappa shape index (κ1) is 14.5. The molecule has 0 saturated heterocycles. The first-order chi connectivity index (χ1) is 9.35. The Hall–Kier alpha value is -1.89. The zero-order valence-corrected chi connectivity index (χ0v) is 10.8. The van der Waals surface area contributed by atoms with Gasteiger partial charge in [0.2, 0.25) is 0 Å². The van der Waals surface area contributed by atoms with Gasteiger partial charge in [-0.3, -0.25) is 9.67 Å². The Morgan fingerprint density at radius 3 is 2.40 bits per heavy atom. The van der Waals surface area contributed by atoms with Crippen molar-refractivity contribution in [3.05, 3.63) is 48.0 Å². The third-order valence-electron chi connectivity index (χ3n) is 3.08. The zero-order valence-electron chi connectivity index (χ0n) is 10.8. The summed E-state index contributed by atoms with van der Waals surface area (Å²) >= 11 is 0. The van der Waals surface area contributed by atoms with Crippen molar-refractivity contribution in [1.29, 1.82) is 0 Å². The number of aromatic nitrogens is 3. The minimum absolute atomic E-state index is 0.190. The Morgan fingerprint density at radius 1 is 1.20 bits per heavy atom. The van der Waals surface area contributed by atoms with Crippen LogP contribution in [-0.4, -0.2) is 26.0 Å². The van der Waals surface area contributed by atoms with Crippen LogP contribution < -0.4 is 0 Å². The second-order valence-electron chi connectivity index (χ2n) is 4.46. The Kier molecular flexibility index (Phi) is 3.80. The van der Waals surface area contributed by atoms with Crippen LogP contribution in [0.25, 0.3) is 0 Å². The second kappa shape index (κ2) is 5.24.